The van der Waals surface area contributed by atoms with Crippen LogP contribution in [0.1, 0.15) is 32.6 Å². The summed E-state index contributed by atoms with van der Waals surface area (Å²) in [5.41, 5.74) is 0. The van der Waals surface area contributed by atoms with Crippen molar-refractivity contribution < 1.29 is 4.79 Å². The minimum absolute atomic E-state index is 0.150. The van der Waals surface area contributed by atoms with Crippen molar-refractivity contribution in [2.24, 2.45) is 5.92 Å². The first-order chi connectivity index (χ1) is 7.26. The van der Waals surface area contributed by atoms with Gasteiger partial charge in [-0.05, 0) is 36.7 Å². The summed E-state index contributed by atoms with van der Waals surface area (Å²) in [6.07, 6.45) is 3.98. The van der Waals surface area contributed by atoms with Crippen LogP contribution in [0.2, 0.25) is 0 Å². The fraction of sp³-hybridized carbons (Fsp3) is 0.909. The summed E-state index contributed by atoms with van der Waals surface area (Å²) in [5.74, 6) is 3.72. The number of rotatable bonds is 5. The lowest BCUT2D eigenvalue weighted by atomic mass is 9.98. The second kappa shape index (κ2) is 7.39. The normalized spacial score (nSPS) is 19.9. The molecule has 0 aromatic carbocycles. The maximum Gasteiger partial charge on any atom is 0.220 e. The highest BCUT2D eigenvalue weighted by Crippen LogP contribution is 2.25. The molecule has 0 saturated carbocycles. The van der Waals surface area contributed by atoms with Crippen LogP contribution in [0.5, 0.6) is 0 Å². The Morgan fingerprint density at radius 2 is 2.20 bits per heavy atom. The highest BCUT2D eigenvalue weighted by molar-refractivity contribution is 7.99. The summed E-state index contributed by atoms with van der Waals surface area (Å²) < 4.78 is 0. The molecule has 4 heteroatoms. The summed E-state index contributed by atoms with van der Waals surface area (Å²) in [6, 6.07) is 0.150. The van der Waals surface area contributed by atoms with E-state index in [1.54, 1.807) is 0 Å². The second-order valence-electron chi connectivity index (χ2n) is 4.09. The number of thioether (sulfide) groups is 1. The molecule has 1 saturated heterocycles. The molecule has 0 radical (unpaired) electrons. The fourth-order valence-corrected chi connectivity index (χ4v) is 3.25. The molecule has 1 unspecified atom stereocenters. The average Bonchev–Trinajstić information content (AvgIpc) is 2.27. The van der Waals surface area contributed by atoms with Crippen LogP contribution in [-0.2, 0) is 4.79 Å². The van der Waals surface area contributed by atoms with Gasteiger partial charge in [0.05, 0.1) is 0 Å². The maximum atomic E-state index is 11.7. The molecule has 0 aliphatic carbocycles. The first-order valence-corrected chi connectivity index (χ1v) is 7.38. The van der Waals surface area contributed by atoms with Crippen LogP contribution < -0.4 is 5.32 Å². The molecule has 1 aliphatic heterocycles. The van der Waals surface area contributed by atoms with Crippen LogP contribution in [0.25, 0.3) is 0 Å². The van der Waals surface area contributed by atoms with Crippen LogP contribution in [0.4, 0.5) is 0 Å². The fourth-order valence-electron chi connectivity index (χ4n) is 1.75. The van der Waals surface area contributed by atoms with Gasteiger partial charge in [0.15, 0.2) is 0 Å². The Labute approximate surface area is 102 Å². The SMILES string of the molecule is CCC(CCl)NC(=O)CC1CCSCC1. The summed E-state index contributed by atoms with van der Waals surface area (Å²) in [5, 5.41) is 2.99. The highest BCUT2D eigenvalue weighted by Gasteiger charge is 2.18. The summed E-state index contributed by atoms with van der Waals surface area (Å²) in [4.78, 5) is 11.7. The summed E-state index contributed by atoms with van der Waals surface area (Å²) in [6.45, 7) is 2.05. The molecule has 1 fully saturated rings. The van der Waals surface area contributed by atoms with E-state index in [9.17, 15) is 4.79 Å². The Bertz CT molecular complexity index is 191. The van der Waals surface area contributed by atoms with Crippen LogP contribution in [0.3, 0.4) is 0 Å². The van der Waals surface area contributed by atoms with Crippen molar-refractivity contribution in [1.29, 1.82) is 0 Å². The highest BCUT2D eigenvalue weighted by atomic mass is 35.5. The molecule has 0 aromatic heterocycles. The summed E-state index contributed by atoms with van der Waals surface area (Å²) in [7, 11) is 0. The van der Waals surface area contributed by atoms with Crippen LogP contribution in [-0.4, -0.2) is 29.3 Å². The number of alkyl halides is 1. The predicted octanol–water partition coefficient (Wildman–Crippen LogP) is 2.65. The molecule has 0 aromatic rings. The van der Waals surface area contributed by atoms with E-state index in [0.29, 0.717) is 18.2 Å². The van der Waals surface area contributed by atoms with Gasteiger partial charge in [-0.25, -0.2) is 0 Å². The largest absolute Gasteiger partial charge is 0.352 e. The van der Waals surface area contributed by atoms with E-state index in [1.807, 2.05) is 18.7 Å². The third kappa shape index (κ3) is 5.12. The van der Waals surface area contributed by atoms with Crippen molar-refractivity contribution in [1.82, 2.24) is 5.32 Å². The van der Waals surface area contributed by atoms with Crippen molar-refractivity contribution >= 4 is 29.3 Å². The summed E-state index contributed by atoms with van der Waals surface area (Å²) >= 11 is 7.73. The molecular formula is C11H20ClNOS. The first-order valence-electron chi connectivity index (χ1n) is 5.69. The number of carbonyl (C=O) groups is 1. The average molecular weight is 250 g/mol. The lowest BCUT2D eigenvalue weighted by Crippen LogP contribution is -2.36. The van der Waals surface area contributed by atoms with E-state index >= 15 is 0 Å². The van der Waals surface area contributed by atoms with E-state index in [-0.39, 0.29) is 11.9 Å². The van der Waals surface area contributed by atoms with Gasteiger partial charge in [0.2, 0.25) is 5.91 Å². The van der Waals surface area contributed by atoms with E-state index in [2.05, 4.69) is 5.32 Å². The quantitative estimate of drug-likeness (QED) is 0.759. The van der Waals surface area contributed by atoms with Crippen LogP contribution >= 0.6 is 23.4 Å². The monoisotopic (exact) mass is 249 g/mol. The molecule has 1 rings (SSSR count). The molecule has 1 N–H and O–H groups in total. The molecule has 1 heterocycles. The zero-order valence-electron chi connectivity index (χ0n) is 9.30. The lowest BCUT2D eigenvalue weighted by molar-refractivity contribution is -0.122. The molecule has 2 nitrogen and oxygen atoms in total. The van der Waals surface area contributed by atoms with Crippen molar-refractivity contribution in [3.05, 3.63) is 0 Å². The standard InChI is InChI=1S/C11H20ClNOS/c1-2-10(8-12)13-11(14)7-9-3-5-15-6-4-9/h9-10H,2-8H2,1H3,(H,13,14). The van der Waals surface area contributed by atoms with Gasteiger partial charge in [-0.3, -0.25) is 4.79 Å². The van der Waals surface area contributed by atoms with Gasteiger partial charge in [0.1, 0.15) is 0 Å². The van der Waals surface area contributed by atoms with Crippen molar-refractivity contribution in [3.63, 3.8) is 0 Å². The van der Waals surface area contributed by atoms with Crippen molar-refractivity contribution in [2.45, 2.75) is 38.6 Å². The van der Waals surface area contributed by atoms with Gasteiger partial charge >= 0.3 is 0 Å². The zero-order chi connectivity index (χ0) is 11.1. The molecule has 0 bridgehead atoms. The van der Waals surface area contributed by atoms with Gasteiger partial charge in [0, 0.05) is 18.3 Å². The van der Waals surface area contributed by atoms with Crippen molar-refractivity contribution in [3.8, 4) is 0 Å². The van der Waals surface area contributed by atoms with E-state index in [4.69, 9.17) is 11.6 Å². The van der Waals surface area contributed by atoms with Gasteiger partial charge < -0.3 is 5.32 Å². The number of hydrogen-bond donors (Lipinski definition) is 1. The first kappa shape index (κ1) is 13.2. The Balaban J connectivity index is 2.21. The van der Waals surface area contributed by atoms with Crippen LogP contribution in [0.15, 0.2) is 0 Å². The van der Waals surface area contributed by atoms with E-state index < -0.39 is 0 Å². The molecule has 1 atom stereocenters. The minimum Gasteiger partial charge on any atom is -0.352 e. The number of nitrogens with one attached hydrogen (secondary N) is 1. The van der Waals surface area contributed by atoms with Crippen molar-refractivity contribution in [2.75, 3.05) is 17.4 Å². The third-order valence-electron chi connectivity index (χ3n) is 2.86. The molecule has 0 spiro atoms. The molecule has 88 valence electrons. The third-order valence-corrected chi connectivity index (χ3v) is 4.28. The zero-order valence-corrected chi connectivity index (χ0v) is 10.9. The Morgan fingerprint density at radius 3 is 2.73 bits per heavy atom. The van der Waals surface area contributed by atoms with Gasteiger partial charge in [-0.2, -0.15) is 11.8 Å². The predicted molar refractivity (Wildman–Crippen MR) is 67.6 cm³/mol. The number of hydrogen-bond acceptors (Lipinski definition) is 2. The Morgan fingerprint density at radius 1 is 1.53 bits per heavy atom. The Hall–Kier alpha value is 0.110. The molecule has 1 aliphatic rings. The molecule has 1 amide bonds. The van der Waals surface area contributed by atoms with Gasteiger partial charge in [-0.1, -0.05) is 6.92 Å². The smallest absolute Gasteiger partial charge is 0.220 e. The maximum absolute atomic E-state index is 11.7. The number of halogens is 1. The van der Waals surface area contributed by atoms with Crippen LogP contribution in [0, 0.1) is 5.92 Å². The number of carbonyl (C=O) groups excluding carboxylic acids is 1. The van der Waals surface area contributed by atoms with E-state index in [1.165, 1.54) is 24.3 Å². The lowest BCUT2D eigenvalue weighted by Gasteiger charge is -2.22. The number of amides is 1. The Kier molecular flexibility index (Phi) is 6.50. The molecular weight excluding hydrogens is 230 g/mol. The molecule has 15 heavy (non-hydrogen) atoms. The minimum atomic E-state index is 0.150. The van der Waals surface area contributed by atoms with E-state index in [0.717, 1.165) is 6.42 Å². The van der Waals surface area contributed by atoms with Gasteiger partial charge in [-0.15, -0.1) is 11.6 Å². The second-order valence-corrected chi connectivity index (χ2v) is 5.62. The topological polar surface area (TPSA) is 29.1 Å². The van der Waals surface area contributed by atoms with Gasteiger partial charge in [0.25, 0.3) is 0 Å².